The van der Waals surface area contributed by atoms with E-state index in [0.29, 0.717) is 18.9 Å². The summed E-state index contributed by atoms with van der Waals surface area (Å²) in [4.78, 5) is 11.5. The first-order valence-corrected chi connectivity index (χ1v) is 12.4. The van der Waals surface area contributed by atoms with Crippen LogP contribution >= 0.6 is 0 Å². The molecule has 0 atom stereocenters. The molecule has 192 valence electrons. The van der Waals surface area contributed by atoms with Crippen molar-refractivity contribution in [2.24, 2.45) is 0 Å². The Morgan fingerprint density at radius 3 is 2.84 bits per heavy atom. The maximum Gasteiger partial charge on any atom is 0.342 e. The molecule has 2 heterocycles. The van der Waals surface area contributed by atoms with Gasteiger partial charge in [0, 0.05) is 17.8 Å². The minimum absolute atomic E-state index is 0.0279. The Morgan fingerprint density at radius 2 is 2.05 bits per heavy atom. The Morgan fingerprint density at radius 1 is 1.22 bits per heavy atom. The summed E-state index contributed by atoms with van der Waals surface area (Å²) in [6.45, 7) is 12.7. The zero-order valence-corrected chi connectivity index (χ0v) is 21.6. The number of nitrogens with zero attached hydrogens (tertiary/aromatic N) is 2. The summed E-state index contributed by atoms with van der Waals surface area (Å²) in [6, 6.07) is 12.6. The van der Waals surface area contributed by atoms with E-state index in [1.54, 1.807) is 6.92 Å². The van der Waals surface area contributed by atoms with E-state index in [4.69, 9.17) is 9.47 Å². The van der Waals surface area contributed by atoms with Gasteiger partial charge in [-0.1, -0.05) is 55.1 Å². The Balaban J connectivity index is 1.50. The summed E-state index contributed by atoms with van der Waals surface area (Å²) in [5.74, 6) is -0.0522. The second-order valence-electron chi connectivity index (χ2n) is 8.98. The van der Waals surface area contributed by atoms with E-state index in [-0.39, 0.29) is 11.4 Å². The van der Waals surface area contributed by atoms with Crippen LogP contribution in [0.2, 0.25) is 0 Å². The largest absolute Gasteiger partial charge is 0.488 e. The van der Waals surface area contributed by atoms with Crippen molar-refractivity contribution in [2.75, 3.05) is 13.2 Å². The molecular formula is C30H33N3O4. The molecule has 1 aromatic heterocycles. The highest BCUT2D eigenvalue weighted by atomic mass is 16.5. The lowest BCUT2D eigenvalue weighted by Crippen LogP contribution is -2.23. The predicted octanol–water partition coefficient (Wildman–Crippen LogP) is 5.64. The van der Waals surface area contributed by atoms with Crippen LogP contribution in [0.15, 0.2) is 67.4 Å². The van der Waals surface area contributed by atoms with Gasteiger partial charge in [-0.05, 0) is 67.6 Å². The van der Waals surface area contributed by atoms with Crippen LogP contribution in [0.3, 0.4) is 0 Å². The average molecular weight is 500 g/mol. The van der Waals surface area contributed by atoms with Crippen LogP contribution in [0.25, 0.3) is 11.3 Å². The molecule has 2 N–H and O–H groups in total. The number of aromatic carboxylic acids is 1. The average Bonchev–Trinajstić information content (AvgIpc) is 3.32. The monoisotopic (exact) mass is 499 g/mol. The third-order valence-electron chi connectivity index (χ3n) is 6.30. The number of nitrogens with one attached hydrogen (secondary N) is 1. The van der Waals surface area contributed by atoms with E-state index in [9.17, 15) is 9.90 Å². The van der Waals surface area contributed by atoms with Crippen LogP contribution in [0.4, 0.5) is 0 Å². The van der Waals surface area contributed by atoms with Gasteiger partial charge >= 0.3 is 5.97 Å². The fourth-order valence-electron chi connectivity index (χ4n) is 4.35. The summed E-state index contributed by atoms with van der Waals surface area (Å²) in [6.07, 6.45) is 7.93. The summed E-state index contributed by atoms with van der Waals surface area (Å²) < 4.78 is 13.3. The molecule has 0 radical (unpaired) electrons. The lowest BCUT2D eigenvalue weighted by molar-refractivity contribution is 0.0692. The number of hydrogen-bond acceptors (Lipinski definition) is 5. The first-order valence-electron chi connectivity index (χ1n) is 12.4. The molecule has 37 heavy (non-hydrogen) atoms. The Bertz CT molecular complexity index is 1370. The molecule has 2 aromatic carbocycles. The van der Waals surface area contributed by atoms with E-state index in [1.807, 2.05) is 50.3 Å². The van der Waals surface area contributed by atoms with Crippen LogP contribution in [0.1, 0.15) is 52.0 Å². The topological polar surface area (TPSA) is 85.6 Å². The molecule has 7 heteroatoms. The van der Waals surface area contributed by atoms with Gasteiger partial charge in [0.2, 0.25) is 5.88 Å². The highest BCUT2D eigenvalue weighted by Crippen LogP contribution is 2.31. The van der Waals surface area contributed by atoms with Crippen molar-refractivity contribution in [2.45, 2.75) is 40.3 Å². The molecule has 0 saturated heterocycles. The van der Waals surface area contributed by atoms with Gasteiger partial charge in [0.25, 0.3) is 0 Å². The third kappa shape index (κ3) is 6.01. The number of para-hydroxylation sites is 1. The van der Waals surface area contributed by atoms with Crippen LogP contribution in [-0.2, 0) is 19.6 Å². The number of aromatic nitrogens is 2. The first-order chi connectivity index (χ1) is 17.9. The maximum atomic E-state index is 11.5. The number of aryl methyl sites for hydroxylation is 1. The minimum Gasteiger partial charge on any atom is -0.488 e. The number of carbonyl (C=O) groups is 1. The molecule has 7 nitrogen and oxygen atoms in total. The summed E-state index contributed by atoms with van der Waals surface area (Å²) >= 11 is 0. The minimum atomic E-state index is -1.08. The summed E-state index contributed by atoms with van der Waals surface area (Å²) in [5.41, 5.74) is 7.40. The van der Waals surface area contributed by atoms with Crippen molar-refractivity contribution < 1.29 is 19.4 Å². The number of carboxylic acid groups (broad SMARTS) is 1. The van der Waals surface area contributed by atoms with E-state index in [2.05, 4.69) is 35.2 Å². The smallest absolute Gasteiger partial charge is 0.342 e. The van der Waals surface area contributed by atoms with Gasteiger partial charge in [-0.3, -0.25) is 0 Å². The normalized spacial score (nSPS) is 13.4. The molecule has 1 aliphatic heterocycles. The molecule has 0 unspecified atom stereocenters. The molecule has 0 saturated carbocycles. The molecule has 4 rings (SSSR count). The maximum absolute atomic E-state index is 11.5. The first kappa shape index (κ1) is 26.0. The fraction of sp³-hybridized carbons (Fsp3) is 0.267. The lowest BCUT2D eigenvalue weighted by Gasteiger charge is -2.19. The molecule has 0 aliphatic carbocycles. The van der Waals surface area contributed by atoms with Gasteiger partial charge in [-0.15, -0.1) is 0 Å². The van der Waals surface area contributed by atoms with Crippen molar-refractivity contribution in [1.82, 2.24) is 15.1 Å². The van der Waals surface area contributed by atoms with Crippen LogP contribution in [0.5, 0.6) is 11.6 Å². The Labute approximate surface area is 217 Å². The van der Waals surface area contributed by atoms with E-state index >= 15 is 0 Å². The number of allylic oxidation sites excluding steroid dienone is 5. The number of carboxylic acids is 1. The molecule has 0 amide bonds. The molecule has 3 aromatic rings. The Hall–Kier alpha value is -4.10. The molecule has 0 bridgehead atoms. The molecule has 0 fully saturated rings. The number of hydrogen-bond donors (Lipinski definition) is 2. The van der Waals surface area contributed by atoms with Gasteiger partial charge in [0.15, 0.2) is 0 Å². The SMILES string of the molecule is C=C(/C=C\C=C(/C)n1ncc(C(=O)O)c1OCC)c1cccc(C)c1OCc1ccc2c(c1)CCNC2. The second-order valence-corrected chi connectivity index (χ2v) is 8.98. The fourth-order valence-corrected chi connectivity index (χ4v) is 4.35. The van der Waals surface area contributed by atoms with Gasteiger partial charge in [-0.2, -0.15) is 5.10 Å². The number of benzene rings is 2. The number of ether oxygens (including phenoxy) is 2. The standard InChI is InChI=1S/C30H33N3O4/c1-5-36-29-27(30(34)35)18-32-33(29)22(4)10-6-8-20(2)26-11-7-9-21(3)28(26)37-19-23-12-13-25-17-31-15-14-24(25)16-23/h6-13,16,18,31H,2,5,14-15,17,19H2,1,3-4H3,(H,34,35)/b8-6-,22-10+. The molecular weight excluding hydrogens is 466 g/mol. The van der Waals surface area contributed by atoms with Crippen molar-refractivity contribution in [1.29, 1.82) is 0 Å². The van der Waals surface area contributed by atoms with Gasteiger partial charge < -0.3 is 19.9 Å². The van der Waals surface area contributed by atoms with E-state index in [0.717, 1.165) is 47.5 Å². The van der Waals surface area contributed by atoms with Crippen molar-refractivity contribution in [3.8, 4) is 11.6 Å². The summed E-state index contributed by atoms with van der Waals surface area (Å²) in [7, 11) is 0. The van der Waals surface area contributed by atoms with Crippen LogP contribution in [0, 0.1) is 6.92 Å². The lowest BCUT2D eigenvalue weighted by atomic mass is 9.98. The van der Waals surface area contributed by atoms with Crippen molar-refractivity contribution in [3.63, 3.8) is 0 Å². The van der Waals surface area contributed by atoms with Gasteiger partial charge in [-0.25, -0.2) is 9.48 Å². The predicted molar refractivity (Wildman–Crippen MR) is 146 cm³/mol. The number of rotatable bonds is 10. The second kappa shape index (κ2) is 11.8. The zero-order chi connectivity index (χ0) is 26.4. The van der Waals surface area contributed by atoms with E-state index < -0.39 is 5.97 Å². The van der Waals surface area contributed by atoms with Crippen molar-refractivity contribution >= 4 is 17.2 Å². The zero-order valence-electron chi connectivity index (χ0n) is 21.6. The Kier molecular flexibility index (Phi) is 8.25. The third-order valence-corrected chi connectivity index (χ3v) is 6.30. The van der Waals surface area contributed by atoms with Crippen LogP contribution in [-0.4, -0.2) is 34.0 Å². The molecule has 0 spiro atoms. The van der Waals surface area contributed by atoms with Crippen LogP contribution < -0.4 is 14.8 Å². The highest BCUT2D eigenvalue weighted by Gasteiger charge is 2.18. The summed E-state index contributed by atoms with van der Waals surface area (Å²) in [5, 5.41) is 17.0. The van der Waals surface area contributed by atoms with E-state index in [1.165, 1.54) is 22.0 Å². The van der Waals surface area contributed by atoms with Gasteiger partial charge in [0.1, 0.15) is 17.9 Å². The highest BCUT2D eigenvalue weighted by molar-refractivity contribution is 5.90. The quantitative estimate of drug-likeness (QED) is 0.351. The van der Waals surface area contributed by atoms with Gasteiger partial charge in [0.05, 0.1) is 12.8 Å². The van der Waals surface area contributed by atoms with Crippen molar-refractivity contribution in [3.05, 3.63) is 101 Å². The molecule has 1 aliphatic rings. The number of fused-ring (bicyclic) bond motifs is 1.